The molecule has 0 bridgehead atoms. The molecule has 0 spiro atoms. The van der Waals surface area contributed by atoms with E-state index in [1.54, 1.807) is 49.6 Å². The Morgan fingerprint density at radius 2 is 2.06 bits per heavy atom. The Balaban J connectivity index is 2.61. The van der Waals surface area contributed by atoms with E-state index in [2.05, 4.69) is 27.3 Å². The second kappa shape index (κ2) is 6.26. The summed E-state index contributed by atoms with van der Waals surface area (Å²) >= 11 is 0. The van der Waals surface area contributed by atoms with Crippen molar-refractivity contribution in [1.82, 2.24) is 10.3 Å². The highest BCUT2D eigenvalue weighted by molar-refractivity contribution is 5.56. The SMILES string of the molecule is C=C(N=Nc1ccc(N)cc1)N(C)/C=N\NC. The highest BCUT2D eigenvalue weighted by Crippen LogP contribution is 2.15. The van der Waals surface area contributed by atoms with Crippen molar-refractivity contribution in [2.24, 2.45) is 15.3 Å². The summed E-state index contributed by atoms with van der Waals surface area (Å²) in [5.74, 6) is 0.487. The van der Waals surface area contributed by atoms with E-state index in [1.165, 1.54) is 0 Å². The van der Waals surface area contributed by atoms with Crippen molar-refractivity contribution >= 4 is 17.7 Å². The van der Waals surface area contributed by atoms with E-state index in [9.17, 15) is 0 Å². The van der Waals surface area contributed by atoms with Gasteiger partial charge in [0.05, 0.1) is 5.69 Å². The number of nitrogens with one attached hydrogen (secondary N) is 1. The van der Waals surface area contributed by atoms with Crippen LogP contribution in [0.1, 0.15) is 0 Å². The molecule has 6 heteroatoms. The number of azo groups is 1. The van der Waals surface area contributed by atoms with Crippen LogP contribution >= 0.6 is 0 Å². The van der Waals surface area contributed by atoms with Gasteiger partial charge in [-0.15, -0.1) is 10.2 Å². The monoisotopic (exact) mass is 232 g/mol. The van der Waals surface area contributed by atoms with Crippen LogP contribution in [0.25, 0.3) is 0 Å². The van der Waals surface area contributed by atoms with Crippen molar-refractivity contribution in [2.45, 2.75) is 0 Å². The first-order valence-corrected chi connectivity index (χ1v) is 5.02. The van der Waals surface area contributed by atoms with Crippen LogP contribution in [0.5, 0.6) is 0 Å². The summed E-state index contributed by atoms with van der Waals surface area (Å²) in [5.41, 5.74) is 9.61. The van der Waals surface area contributed by atoms with Gasteiger partial charge in [0.25, 0.3) is 0 Å². The predicted molar refractivity (Wildman–Crippen MR) is 69.8 cm³/mol. The van der Waals surface area contributed by atoms with E-state index < -0.39 is 0 Å². The molecule has 0 unspecified atom stereocenters. The van der Waals surface area contributed by atoms with E-state index in [-0.39, 0.29) is 0 Å². The molecule has 1 aromatic carbocycles. The van der Waals surface area contributed by atoms with E-state index in [4.69, 9.17) is 5.73 Å². The third-order valence-corrected chi connectivity index (χ3v) is 1.94. The zero-order valence-corrected chi connectivity index (χ0v) is 9.96. The zero-order chi connectivity index (χ0) is 12.7. The quantitative estimate of drug-likeness (QED) is 0.267. The zero-order valence-electron chi connectivity index (χ0n) is 9.96. The van der Waals surface area contributed by atoms with Gasteiger partial charge in [0.2, 0.25) is 0 Å². The maximum absolute atomic E-state index is 5.56. The Bertz CT molecular complexity index is 420. The van der Waals surface area contributed by atoms with Gasteiger partial charge in [0, 0.05) is 19.8 Å². The Labute approximate surface area is 101 Å². The van der Waals surface area contributed by atoms with Gasteiger partial charge in [-0.25, -0.2) is 0 Å². The molecule has 0 heterocycles. The molecular weight excluding hydrogens is 216 g/mol. The van der Waals surface area contributed by atoms with Gasteiger partial charge in [0.1, 0.15) is 12.2 Å². The minimum absolute atomic E-state index is 0.487. The van der Waals surface area contributed by atoms with Crippen LogP contribution in [0.3, 0.4) is 0 Å². The van der Waals surface area contributed by atoms with Crippen molar-refractivity contribution in [3.8, 4) is 0 Å². The summed E-state index contributed by atoms with van der Waals surface area (Å²) in [7, 11) is 3.49. The third-order valence-electron chi connectivity index (χ3n) is 1.94. The van der Waals surface area contributed by atoms with E-state index in [0.717, 1.165) is 5.69 Å². The summed E-state index contributed by atoms with van der Waals surface area (Å²) in [4.78, 5) is 1.65. The van der Waals surface area contributed by atoms with Crippen LogP contribution in [-0.2, 0) is 0 Å². The van der Waals surface area contributed by atoms with Gasteiger partial charge in [-0.1, -0.05) is 6.58 Å². The maximum Gasteiger partial charge on any atom is 0.148 e. The van der Waals surface area contributed by atoms with Crippen molar-refractivity contribution in [1.29, 1.82) is 0 Å². The molecule has 0 atom stereocenters. The van der Waals surface area contributed by atoms with Crippen LogP contribution in [0.15, 0.2) is 52.0 Å². The second-order valence-electron chi connectivity index (χ2n) is 3.29. The molecule has 6 nitrogen and oxygen atoms in total. The number of hydrazone groups is 1. The van der Waals surface area contributed by atoms with Crippen molar-refractivity contribution in [3.05, 3.63) is 36.7 Å². The van der Waals surface area contributed by atoms with Crippen molar-refractivity contribution < 1.29 is 0 Å². The molecular formula is C11H16N6. The molecule has 0 saturated carbocycles. The number of nitrogens with two attached hydrogens (primary N) is 1. The molecule has 0 radical (unpaired) electrons. The highest BCUT2D eigenvalue weighted by atomic mass is 15.3. The number of rotatable bonds is 5. The second-order valence-corrected chi connectivity index (χ2v) is 3.29. The molecule has 1 aromatic rings. The lowest BCUT2D eigenvalue weighted by molar-refractivity contribution is 0.620. The average molecular weight is 232 g/mol. The minimum Gasteiger partial charge on any atom is -0.399 e. The Morgan fingerprint density at radius 1 is 1.41 bits per heavy atom. The fraction of sp³-hybridized carbons (Fsp3) is 0.182. The fourth-order valence-electron chi connectivity index (χ4n) is 0.938. The van der Waals surface area contributed by atoms with E-state index >= 15 is 0 Å². The Morgan fingerprint density at radius 3 is 2.65 bits per heavy atom. The normalized spacial score (nSPS) is 10.9. The average Bonchev–Trinajstić information content (AvgIpc) is 2.34. The lowest BCUT2D eigenvalue weighted by Gasteiger charge is -2.09. The molecule has 0 saturated heterocycles. The summed E-state index contributed by atoms with van der Waals surface area (Å²) < 4.78 is 0. The molecule has 0 amide bonds. The maximum atomic E-state index is 5.56. The molecule has 17 heavy (non-hydrogen) atoms. The van der Waals surface area contributed by atoms with Crippen molar-refractivity contribution in [3.63, 3.8) is 0 Å². The molecule has 0 aromatic heterocycles. The molecule has 3 N–H and O–H groups in total. The number of hydrogen-bond acceptors (Lipinski definition) is 5. The van der Waals surface area contributed by atoms with Gasteiger partial charge >= 0.3 is 0 Å². The summed E-state index contributed by atoms with van der Waals surface area (Å²) in [6.45, 7) is 3.76. The van der Waals surface area contributed by atoms with Gasteiger partial charge in [0.15, 0.2) is 0 Å². The smallest absolute Gasteiger partial charge is 0.148 e. The van der Waals surface area contributed by atoms with Crippen LogP contribution in [0.2, 0.25) is 0 Å². The predicted octanol–water partition coefficient (Wildman–Crippen LogP) is 1.92. The summed E-state index contributed by atoms with van der Waals surface area (Å²) in [6, 6.07) is 7.11. The summed E-state index contributed by atoms with van der Waals surface area (Å²) in [6.07, 6.45) is 1.56. The highest BCUT2D eigenvalue weighted by Gasteiger charge is 1.96. The number of nitrogen functional groups attached to an aromatic ring is 1. The first kappa shape index (κ1) is 12.7. The van der Waals surface area contributed by atoms with Gasteiger partial charge in [-0.3, -0.25) is 0 Å². The number of anilines is 1. The number of nitrogens with zero attached hydrogens (tertiary/aromatic N) is 4. The standard InChI is InChI=1S/C11H16N6/c1-9(17(3)8-14-13-2)15-16-11-6-4-10(12)5-7-11/h4-8,13H,1,12H2,2-3H3/b14-8-,16-15?. The molecule has 1 rings (SSSR count). The van der Waals surface area contributed by atoms with Gasteiger partial charge in [-0.05, 0) is 24.3 Å². The minimum atomic E-state index is 0.487. The fourth-order valence-corrected chi connectivity index (χ4v) is 0.938. The van der Waals surface area contributed by atoms with Crippen LogP contribution < -0.4 is 11.2 Å². The molecule has 0 fully saturated rings. The number of hydrogen-bond donors (Lipinski definition) is 2. The molecule has 0 aliphatic rings. The first-order valence-electron chi connectivity index (χ1n) is 5.02. The van der Waals surface area contributed by atoms with Crippen LogP contribution in [-0.4, -0.2) is 25.3 Å². The topological polar surface area (TPSA) is 78.4 Å². The van der Waals surface area contributed by atoms with Crippen molar-refractivity contribution in [2.75, 3.05) is 19.8 Å². The lowest BCUT2D eigenvalue weighted by Crippen LogP contribution is -2.14. The lowest BCUT2D eigenvalue weighted by atomic mass is 10.3. The van der Waals surface area contributed by atoms with E-state index in [1.807, 2.05) is 0 Å². The third kappa shape index (κ3) is 4.33. The molecule has 90 valence electrons. The Hall–Kier alpha value is -2.37. The summed E-state index contributed by atoms with van der Waals surface area (Å²) in [5, 5.41) is 11.8. The van der Waals surface area contributed by atoms with Gasteiger partial charge < -0.3 is 16.1 Å². The first-order chi connectivity index (χ1) is 8.13. The van der Waals surface area contributed by atoms with Crippen LogP contribution in [0.4, 0.5) is 11.4 Å². The Kier molecular flexibility index (Phi) is 4.68. The van der Waals surface area contributed by atoms with Crippen LogP contribution in [0, 0.1) is 0 Å². The number of benzene rings is 1. The largest absolute Gasteiger partial charge is 0.399 e. The molecule has 0 aliphatic carbocycles. The van der Waals surface area contributed by atoms with E-state index in [0.29, 0.717) is 11.5 Å². The van der Waals surface area contributed by atoms with Gasteiger partial charge in [-0.2, -0.15) is 5.10 Å². The molecule has 0 aliphatic heterocycles.